The van der Waals surface area contributed by atoms with E-state index in [2.05, 4.69) is 0 Å². The van der Waals surface area contributed by atoms with Crippen molar-refractivity contribution in [2.75, 3.05) is 27.1 Å². The van der Waals surface area contributed by atoms with Crippen LogP contribution in [0.2, 0.25) is 0 Å². The van der Waals surface area contributed by atoms with E-state index in [1.165, 1.54) is 0 Å². The van der Waals surface area contributed by atoms with Crippen molar-refractivity contribution in [2.45, 2.75) is 30.7 Å². The van der Waals surface area contributed by atoms with Gasteiger partial charge in [-0.3, -0.25) is 0 Å². The van der Waals surface area contributed by atoms with Crippen LogP contribution < -0.4 is 0 Å². The standard InChI is InChI=1S/C14H21NO4S/c1-12-5-7-14(8-6-12)20(16,17)15-9-3-4-13(15)10-19-11-18-2/h5-8,13H,3-4,9-11H2,1-2H3/t13-/m0/s1. The van der Waals surface area contributed by atoms with E-state index in [1.54, 1.807) is 23.5 Å². The summed E-state index contributed by atoms with van der Waals surface area (Å²) in [6, 6.07) is 6.86. The molecule has 5 nitrogen and oxygen atoms in total. The molecule has 1 aromatic carbocycles. The van der Waals surface area contributed by atoms with Crippen LogP contribution in [0.15, 0.2) is 29.2 Å². The van der Waals surface area contributed by atoms with Gasteiger partial charge in [-0.25, -0.2) is 8.42 Å². The molecule has 1 aliphatic rings. The molecule has 1 fully saturated rings. The maximum Gasteiger partial charge on any atom is 0.243 e. The minimum Gasteiger partial charge on any atom is -0.359 e. The fourth-order valence-corrected chi connectivity index (χ4v) is 4.08. The van der Waals surface area contributed by atoms with Gasteiger partial charge in [-0.1, -0.05) is 17.7 Å². The number of benzene rings is 1. The molecule has 0 N–H and O–H groups in total. The number of rotatable bonds is 6. The third kappa shape index (κ3) is 3.38. The highest BCUT2D eigenvalue weighted by molar-refractivity contribution is 7.89. The van der Waals surface area contributed by atoms with Gasteiger partial charge in [0.15, 0.2) is 0 Å². The summed E-state index contributed by atoms with van der Waals surface area (Å²) in [7, 11) is -1.88. The van der Waals surface area contributed by atoms with Gasteiger partial charge in [-0.15, -0.1) is 0 Å². The number of hydrogen-bond acceptors (Lipinski definition) is 4. The van der Waals surface area contributed by atoms with Gasteiger partial charge in [0.05, 0.1) is 11.5 Å². The van der Waals surface area contributed by atoms with Crippen molar-refractivity contribution in [1.82, 2.24) is 4.31 Å². The fraction of sp³-hybridized carbons (Fsp3) is 0.571. The maximum atomic E-state index is 12.6. The summed E-state index contributed by atoms with van der Waals surface area (Å²) in [6.45, 7) is 3.05. The van der Waals surface area contributed by atoms with Gasteiger partial charge in [0.1, 0.15) is 6.79 Å². The van der Waals surface area contributed by atoms with E-state index in [9.17, 15) is 8.42 Å². The van der Waals surface area contributed by atoms with E-state index >= 15 is 0 Å². The van der Waals surface area contributed by atoms with Crippen molar-refractivity contribution in [3.05, 3.63) is 29.8 Å². The molecule has 6 heteroatoms. The molecule has 20 heavy (non-hydrogen) atoms. The largest absolute Gasteiger partial charge is 0.359 e. The molecule has 0 aromatic heterocycles. The van der Waals surface area contributed by atoms with Gasteiger partial charge < -0.3 is 9.47 Å². The molecule has 0 radical (unpaired) electrons. The van der Waals surface area contributed by atoms with Gasteiger partial charge in [-0.05, 0) is 31.9 Å². The van der Waals surface area contributed by atoms with Crippen molar-refractivity contribution in [3.63, 3.8) is 0 Å². The van der Waals surface area contributed by atoms with Crippen molar-refractivity contribution < 1.29 is 17.9 Å². The molecular weight excluding hydrogens is 278 g/mol. The smallest absolute Gasteiger partial charge is 0.243 e. The SMILES string of the molecule is COCOC[C@@H]1CCCN1S(=O)(=O)c1ccc(C)cc1. The lowest BCUT2D eigenvalue weighted by Gasteiger charge is -2.24. The average Bonchev–Trinajstić information content (AvgIpc) is 2.89. The van der Waals surface area contributed by atoms with Crippen molar-refractivity contribution >= 4 is 10.0 Å². The Balaban J connectivity index is 2.13. The molecule has 0 amide bonds. The molecule has 1 aromatic rings. The third-order valence-electron chi connectivity index (χ3n) is 3.46. The predicted molar refractivity (Wildman–Crippen MR) is 75.9 cm³/mol. The molecule has 0 spiro atoms. The van der Waals surface area contributed by atoms with E-state index in [-0.39, 0.29) is 12.8 Å². The van der Waals surface area contributed by atoms with Crippen LogP contribution in [0.1, 0.15) is 18.4 Å². The highest BCUT2D eigenvalue weighted by Crippen LogP contribution is 2.26. The van der Waals surface area contributed by atoms with Crippen LogP contribution in [-0.2, 0) is 19.5 Å². The number of aryl methyl sites for hydroxylation is 1. The molecule has 0 bridgehead atoms. The molecule has 0 saturated carbocycles. The van der Waals surface area contributed by atoms with Crippen LogP contribution in [0.3, 0.4) is 0 Å². The van der Waals surface area contributed by atoms with Gasteiger partial charge in [0.25, 0.3) is 0 Å². The molecule has 1 saturated heterocycles. The van der Waals surface area contributed by atoms with Gasteiger partial charge >= 0.3 is 0 Å². The molecule has 112 valence electrons. The Kier molecular flexibility index (Phi) is 5.15. The first-order valence-corrected chi connectivity index (χ1v) is 8.15. The van der Waals surface area contributed by atoms with Crippen LogP contribution in [0, 0.1) is 6.92 Å². The zero-order valence-corrected chi connectivity index (χ0v) is 12.7. The van der Waals surface area contributed by atoms with E-state index in [0.717, 1.165) is 18.4 Å². The minimum absolute atomic E-state index is 0.101. The van der Waals surface area contributed by atoms with E-state index < -0.39 is 10.0 Å². The highest BCUT2D eigenvalue weighted by atomic mass is 32.2. The van der Waals surface area contributed by atoms with Crippen LogP contribution in [0.4, 0.5) is 0 Å². The molecule has 0 aliphatic carbocycles. The Hall–Kier alpha value is -0.950. The molecule has 1 heterocycles. The molecule has 1 atom stereocenters. The molecule has 0 unspecified atom stereocenters. The molecular formula is C14H21NO4S. The first kappa shape index (κ1) is 15.4. The molecule has 2 rings (SSSR count). The maximum absolute atomic E-state index is 12.6. The van der Waals surface area contributed by atoms with Crippen LogP contribution in [-0.4, -0.2) is 45.8 Å². The van der Waals surface area contributed by atoms with E-state index in [4.69, 9.17) is 9.47 Å². The second kappa shape index (κ2) is 6.67. The van der Waals surface area contributed by atoms with Gasteiger partial charge in [0.2, 0.25) is 10.0 Å². The Bertz CT molecular complexity index is 527. The van der Waals surface area contributed by atoms with Crippen molar-refractivity contribution in [3.8, 4) is 0 Å². The quantitative estimate of drug-likeness (QED) is 0.593. The summed E-state index contributed by atoms with van der Waals surface area (Å²) in [5, 5.41) is 0. The first-order chi connectivity index (χ1) is 9.55. The van der Waals surface area contributed by atoms with Crippen molar-refractivity contribution in [1.29, 1.82) is 0 Å². The van der Waals surface area contributed by atoms with Crippen LogP contribution in [0.25, 0.3) is 0 Å². The summed E-state index contributed by atoms with van der Waals surface area (Å²) in [4.78, 5) is 0.349. The minimum atomic E-state index is -3.43. The lowest BCUT2D eigenvalue weighted by Crippen LogP contribution is -2.38. The highest BCUT2D eigenvalue weighted by Gasteiger charge is 2.35. The second-order valence-electron chi connectivity index (χ2n) is 5.00. The Labute approximate surface area is 120 Å². The number of hydrogen-bond donors (Lipinski definition) is 0. The van der Waals surface area contributed by atoms with E-state index in [1.807, 2.05) is 19.1 Å². The first-order valence-electron chi connectivity index (χ1n) is 6.71. The summed E-state index contributed by atoms with van der Waals surface area (Å²) < 4.78 is 37.0. The number of methoxy groups -OCH3 is 1. The Morgan fingerprint density at radius 3 is 2.65 bits per heavy atom. The van der Waals surface area contributed by atoms with Gasteiger partial charge in [-0.2, -0.15) is 4.31 Å². The topological polar surface area (TPSA) is 55.8 Å². The lowest BCUT2D eigenvalue weighted by atomic mass is 10.2. The van der Waals surface area contributed by atoms with E-state index in [0.29, 0.717) is 18.0 Å². The normalized spacial score (nSPS) is 20.4. The van der Waals surface area contributed by atoms with Crippen LogP contribution >= 0.6 is 0 Å². The fourth-order valence-electron chi connectivity index (χ4n) is 2.41. The summed E-state index contributed by atoms with van der Waals surface area (Å²) in [5.74, 6) is 0. The summed E-state index contributed by atoms with van der Waals surface area (Å²) >= 11 is 0. The lowest BCUT2D eigenvalue weighted by molar-refractivity contribution is -0.0414. The number of ether oxygens (including phenoxy) is 2. The summed E-state index contributed by atoms with van der Waals surface area (Å²) in [6.07, 6.45) is 1.70. The number of sulfonamides is 1. The summed E-state index contributed by atoms with van der Waals surface area (Å²) in [5.41, 5.74) is 1.05. The zero-order valence-electron chi connectivity index (χ0n) is 11.9. The Morgan fingerprint density at radius 2 is 2.00 bits per heavy atom. The van der Waals surface area contributed by atoms with Gasteiger partial charge in [0, 0.05) is 19.7 Å². The monoisotopic (exact) mass is 299 g/mol. The van der Waals surface area contributed by atoms with Crippen LogP contribution in [0.5, 0.6) is 0 Å². The Morgan fingerprint density at radius 1 is 1.30 bits per heavy atom. The third-order valence-corrected chi connectivity index (χ3v) is 5.43. The predicted octanol–water partition coefficient (Wildman–Crippen LogP) is 1.77. The average molecular weight is 299 g/mol. The second-order valence-corrected chi connectivity index (χ2v) is 6.89. The zero-order chi connectivity index (χ0) is 14.6. The van der Waals surface area contributed by atoms with Crippen molar-refractivity contribution in [2.24, 2.45) is 0 Å². The number of nitrogens with zero attached hydrogens (tertiary/aromatic N) is 1. The molecule has 1 aliphatic heterocycles.